The van der Waals surface area contributed by atoms with Gasteiger partial charge in [-0.2, -0.15) is 0 Å². The molecule has 0 aliphatic heterocycles. The van der Waals surface area contributed by atoms with Crippen LogP contribution >= 0.6 is 0 Å². The Kier molecular flexibility index (Phi) is 9.08. The second-order valence-corrected chi connectivity index (χ2v) is 6.11. The number of alkyl carbamates (subject to hydrolysis) is 1. The van der Waals surface area contributed by atoms with Crippen molar-refractivity contribution in [2.24, 2.45) is 10.5 Å². The monoisotopic (exact) mass is 358 g/mol. The zero-order valence-corrected chi connectivity index (χ0v) is 14.9. The first-order chi connectivity index (χ1) is 11.5. The van der Waals surface area contributed by atoms with Gasteiger partial charge in [0.2, 0.25) is 12.1 Å². The van der Waals surface area contributed by atoms with Crippen molar-refractivity contribution < 1.29 is 38.5 Å². The Balaban J connectivity index is 4.55. The third-order valence-corrected chi connectivity index (χ3v) is 2.75. The second-order valence-electron chi connectivity index (χ2n) is 6.11. The number of carbonyl (C=O) groups is 4. The molecule has 140 valence electrons. The topological polar surface area (TPSA) is 145 Å². The Bertz CT molecular complexity index is 574. The highest BCUT2D eigenvalue weighted by Crippen LogP contribution is 2.16. The van der Waals surface area contributed by atoms with Gasteiger partial charge in [-0.15, -0.1) is 0 Å². The number of carboxylic acids is 1. The van der Waals surface area contributed by atoms with Crippen LogP contribution in [-0.4, -0.2) is 59.3 Å². The number of carboxylic acid groups (broad SMARTS) is 1. The molecule has 25 heavy (non-hydrogen) atoms. The Morgan fingerprint density at radius 1 is 1.24 bits per heavy atom. The van der Waals surface area contributed by atoms with Crippen LogP contribution in [0.5, 0.6) is 0 Å². The molecule has 0 aromatic carbocycles. The normalized spacial score (nSPS) is 12.8. The molecule has 0 spiro atoms. The van der Waals surface area contributed by atoms with Crippen molar-refractivity contribution in [1.29, 1.82) is 0 Å². The summed E-state index contributed by atoms with van der Waals surface area (Å²) < 4.78 is 9.70. The number of hydrogen-bond donors (Lipinski definition) is 2. The molecule has 0 saturated heterocycles. The fraction of sp³-hybridized carbons (Fsp3) is 0.667. The Labute approximate surface area is 145 Å². The van der Waals surface area contributed by atoms with Crippen molar-refractivity contribution in [2.75, 3.05) is 7.05 Å². The number of amides is 1. The zero-order valence-electron chi connectivity index (χ0n) is 14.9. The zero-order chi connectivity index (χ0) is 19.6. The highest BCUT2D eigenvalue weighted by atomic mass is 16.7. The molecule has 0 fully saturated rings. The van der Waals surface area contributed by atoms with Crippen LogP contribution in [0.1, 0.15) is 40.5 Å². The first-order valence-electron chi connectivity index (χ1n) is 7.53. The van der Waals surface area contributed by atoms with Gasteiger partial charge >= 0.3 is 24.2 Å². The highest BCUT2D eigenvalue weighted by Gasteiger charge is 2.27. The van der Waals surface area contributed by atoms with Gasteiger partial charge in [0.15, 0.2) is 0 Å². The average molecular weight is 358 g/mol. The molecule has 0 saturated carbocycles. The third-order valence-electron chi connectivity index (χ3n) is 2.75. The van der Waals surface area contributed by atoms with Crippen LogP contribution in [-0.2, 0) is 23.9 Å². The molecule has 1 amide bonds. The van der Waals surface area contributed by atoms with Gasteiger partial charge in [-0.25, -0.2) is 9.59 Å². The number of carbonyl (C=O) groups excluding carboxylic acids is 3. The minimum Gasteiger partial charge on any atom is -0.480 e. The number of Topliss-reactive ketones (excluding diaryl/α,β-unsaturated/α-hetero) is 1. The van der Waals surface area contributed by atoms with Crippen LogP contribution < -0.4 is 5.32 Å². The largest absolute Gasteiger partial charge is 0.480 e. The van der Waals surface area contributed by atoms with E-state index in [0.29, 0.717) is 0 Å². The van der Waals surface area contributed by atoms with E-state index in [-0.39, 0.29) is 12.8 Å². The molecule has 0 aromatic heterocycles. The number of rotatable bonds is 8. The predicted octanol–water partition coefficient (Wildman–Crippen LogP) is 0.811. The maximum atomic E-state index is 11.7. The van der Waals surface area contributed by atoms with Crippen LogP contribution in [0.2, 0.25) is 0 Å². The van der Waals surface area contributed by atoms with E-state index in [1.54, 1.807) is 20.8 Å². The molecular formula is C15H24N3O7+. The maximum absolute atomic E-state index is 11.7. The van der Waals surface area contributed by atoms with Gasteiger partial charge in [0.1, 0.15) is 13.1 Å². The fourth-order valence-electron chi connectivity index (χ4n) is 1.41. The molecule has 0 rings (SSSR count). The van der Waals surface area contributed by atoms with E-state index >= 15 is 0 Å². The molecule has 0 aliphatic carbocycles. The summed E-state index contributed by atoms with van der Waals surface area (Å²) in [4.78, 5) is 49.3. The summed E-state index contributed by atoms with van der Waals surface area (Å²) in [5, 5.41) is 14.5. The summed E-state index contributed by atoms with van der Waals surface area (Å²) in [7, 11) is 1.38. The van der Waals surface area contributed by atoms with Gasteiger partial charge in [-0.3, -0.25) is 9.59 Å². The summed E-state index contributed by atoms with van der Waals surface area (Å²) in [6.45, 7) is 6.23. The third kappa shape index (κ3) is 9.87. The van der Waals surface area contributed by atoms with Crippen molar-refractivity contribution in [3.05, 3.63) is 0 Å². The lowest BCUT2D eigenvalue weighted by atomic mass is 9.97. The van der Waals surface area contributed by atoms with Crippen LogP contribution in [0.4, 0.5) is 4.79 Å². The smallest absolute Gasteiger partial charge is 0.410 e. The number of esters is 1. The molecule has 2 N–H and O–H groups in total. The number of nitrogens with zero attached hydrogens (tertiary/aromatic N) is 2. The van der Waals surface area contributed by atoms with Gasteiger partial charge in [-0.1, -0.05) is 0 Å². The van der Waals surface area contributed by atoms with Crippen molar-refractivity contribution >= 4 is 30.0 Å². The fourth-order valence-corrected chi connectivity index (χ4v) is 1.41. The first kappa shape index (κ1) is 22.3. The molecule has 0 aromatic rings. The van der Waals surface area contributed by atoms with Crippen molar-refractivity contribution in [3.8, 4) is 0 Å². The number of nitrogens with one attached hydrogen (secondary N) is 1. The maximum Gasteiger partial charge on any atom is 0.410 e. The van der Waals surface area contributed by atoms with E-state index in [2.05, 4.69) is 15.2 Å². The Hall–Kier alpha value is -2.74. The summed E-state index contributed by atoms with van der Waals surface area (Å²) in [5.74, 6) is -2.34. The molecule has 0 heterocycles. The number of ketones is 1. The molecule has 0 bridgehead atoms. The molecule has 2 atom stereocenters. The summed E-state index contributed by atoms with van der Waals surface area (Å²) in [6, 6.07) is -1.34. The quantitative estimate of drug-likeness (QED) is 0.215. The van der Waals surface area contributed by atoms with Crippen molar-refractivity contribution in [1.82, 2.24) is 5.32 Å². The van der Waals surface area contributed by atoms with E-state index in [0.717, 1.165) is 6.21 Å². The van der Waals surface area contributed by atoms with E-state index in [9.17, 15) is 19.2 Å². The van der Waals surface area contributed by atoms with E-state index < -0.39 is 41.6 Å². The molecule has 10 nitrogen and oxygen atoms in total. The molecule has 0 aliphatic rings. The summed E-state index contributed by atoms with van der Waals surface area (Å²) in [5.41, 5.74) is -0.773. The number of hydrogen-bond acceptors (Lipinski definition) is 7. The van der Waals surface area contributed by atoms with E-state index in [1.807, 2.05) is 0 Å². The lowest BCUT2D eigenvalue weighted by Crippen LogP contribution is -2.43. The Morgan fingerprint density at radius 2 is 1.84 bits per heavy atom. The molecular weight excluding hydrogens is 334 g/mol. The van der Waals surface area contributed by atoms with Crippen LogP contribution in [0.25, 0.3) is 0 Å². The lowest BCUT2D eigenvalue weighted by Gasteiger charge is -2.21. The van der Waals surface area contributed by atoms with E-state index in [4.69, 9.17) is 14.6 Å². The van der Waals surface area contributed by atoms with Crippen molar-refractivity contribution in [3.63, 3.8) is 0 Å². The van der Waals surface area contributed by atoms with Gasteiger partial charge in [0.25, 0.3) is 0 Å². The van der Waals surface area contributed by atoms with E-state index in [1.165, 1.54) is 14.0 Å². The molecule has 10 heteroatoms. The average Bonchev–Trinajstić information content (AvgIpc) is 2.47. The van der Waals surface area contributed by atoms with Crippen LogP contribution in [0.15, 0.2) is 5.11 Å². The summed E-state index contributed by atoms with van der Waals surface area (Å²) in [6.07, 6.45) is -1.61. The number of aliphatic carboxylic acids is 1. The highest BCUT2D eigenvalue weighted by molar-refractivity contribution is 6.25. The SMILES string of the molecule is CN=[N+]=CC(=O)CC[C@H](NC(=O)OC(C)OC(=O)C(C)(C)C)C(=O)O. The Morgan fingerprint density at radius 3 is 2.32 bits per heavy atom. The minimum absolute atomic E-state index is 0.148. The lowest BCUT2D eigenvalue weighted by molar-refractivity contribution is -0.174. The van der Waals surface area contributed by atoms with Crippen molar-refractivity contribution in [2.45, 2.75) is 52.9 Å². The predicted molar refractivity (Wildman–Crippen MR) is 85.0 cm³/mol. The summed E-state index contributed by atoms with van der Waals surface area (Å²) >= 11 is 0. The van der Waals surface area contributed by atoms with Gasteiger partial charge in [-0.05, 0) is 27.2 Å². The first-order valence-corrected chi connectivity index (χ1v) is 7.53. The van der Waals surface area contributed by atoms with Gasteiger partial charge < -0.3 is 19.9 Å². The van der Waals surface area contributed by atoms with Gasteiger partial charge in [0, 0.05) is 13.3 Å². The van der Waals surface area contributed by atoms with Crippen LogP contribution in [0, 0.1) is 5.41 Å². The molecule has 0 radical (unpaired) electrons. The number of ether oxygens (including phenoxy) is 2. The van der Waals surface area contributed by atoms with Gasteiger partial charge in [0.05, 0.1) is 15.3 Å². The second kappa shape index (κ2) is 10.2. The van der Waals surface area contributed by atoms with Crippen LogP contribution in [0.3, 0.4) is 0 Å². The standard InChI is InChI=1S/C15H23N3O7/c1-9(24-13(22)15(2,3)4)25-14(23)18-11(12(20)21)7-6-10(19)8-17-16-5/h8-9,11H,6-7H2,1-5H3,(H-,18,20,21,23)/p+1/t9?,11-/m0/s1. The molecule has 1 unspecified atom stereocenters. The minimum atomic E-state index is -1.34.